The second-order valence-corrected chi connectivity index (χ2v) is 6.90. The van der Waals surface area contributed by atoms with Crippen molar-refractivity contribution < 1.29 is 24.2 Å². The number of aliphatic hydroxyl groups is 1. The van der Waals surface area contributed by atoms with Gasteiger partial charge in [-0.2, -0.15) is 0 Å². The molecule has 27 heavy (non-hydrogen) atoms. The minimum absolute atomic E-state index is 0.0590. The molecule has 0 aromatic heterocycles. The number of carbonyl (C=O) groups excluding carboxylic acids is 2. The van der Waals surface area contributed by atoms with E-state index in [0.717, 1.165) is 12.0 Å². The van der Waals surface area contributed by atoms with Crippen LogP contribution in [0.5, 0.6) is 0 Å². The van der Waals surface area contributed by atoms with Gasteiger partial charge in [0.2, 0.25) is 5.91 Å². The topological polar surface area (TPSA) is 111 Å². The number of nitrogens with two attached hydrogens (primary N) is 1. The average Bonchev–Trinajstić information content (AvgIpc) is 2.68. The molecule has 1 aliphatic carbocycles. The summed E-state index contributed by atoms with van der Waals surface area (Å²) in [6, 6.07) is 8.64. The first-order chi connectivity index (χ1) is 13.0. The van der Waals surface area contributed by atoms with Crippen molar-refractivity contribution >= 4 is 11.9 Å². The molecule has 0 aliphatic heterocycles. The number of hydrogen-bond donors (Lipinski definition) is 3. The van der Waals surface area contributed by atoms with E-state index in [1.165, 1.54) is 7.11 Å². The lowest BCUT2D eigenvalue weighted by atomic mass is 9.84. The Bertz CT molecular complexity index is 595. The lowest BCUT2D eigenvalue weighted by Gasteiger charge is -2.33. The zero-order valence-corrected chi connectivity index (χ0v) is 15.8. The van der Waals surface area contributed by atoms with Crippen LogP contribution in [0.2, 0.25) is 0 Å². The Labute approximate surface area is 160 Å². The molecule has 1 fully saturated rings. The highest BCUT2D eigenvalue weighted by atomic mass is 16.5. The second-order valence-electron chi connectivity index (χ2n) is 6.90. The van der Waals surface area contributed by atoms with Crippen molar-refractivity contribution in [2.24, 2.45) is 11.7 Å². The Morgan fingerprint density at radius 3 is 2.67 bits per heavy atom. The maximum absolute atomic E-state index is 12.7. The van der Waals surface area contributed by atoms with Crippen LogP contribution in [-0.4, -0.2) is 55.5 Å². The monoisotopic (exact) mass is 378 g/mol. The molecular weight excluding hydrogens is 348 g/mol. The van der Waals surface area contributed by atoms with Crippen LogP contribution in [0, 0.1) is 5.92 Å². The molecule has 0 saturated heterocycles. The molecule has 0 bridgehead atoms. The minimum Gasteiger partial charge on any atom is -0.467 e. The smallest absolute Gasteiger partial charge is 0.328 e. The third kappa shape index (κ3) is 6.61. The summed E-state index contributed by atoms with van der Waals surface area (Å²) in [5.74, 6) is -1.38. The maximum Gasteiger partial charge on any atom is 0.328 e. The Morgan fingerprint density at radius 1 is 1.30 bits per heavy atom. The van der Waals surface area contributed by atoms with Crippen LogP contribution in [0.4, 0.5) is 0 Å². The quantitative estimate of drug-likeness (QED) is 0.433. The van der Waals surface area contributed by atoms with Crippen LogP contribution in [0.1, 0.15) is 31.2 Å². The standard InChI is InChI=1S/C20H30N2O5/c1-26-20(25)17(12-14-6-3-2-4-7-14)22-19(24)16-9-8-15(13-18(16)23)27-11-5-10-21/h2-4,6-7,15-18,23H,5,8-13,21H2,1H3,(H,22,24)/t15?,16?,17-,18?/m0/s1. The van der Waals surface area contributed by atoms with Gasteiger partial charge in [0.15, 0.2) is 0 Å². The largest absolute Gasteiger partial charge is 0.467 e. The van der Waals surface area contributed by atoms with Crippen molar-refractivity contribution in [3.8, 4) is 0 Å². The first-order valence-corrected chi connectivity index (χ1v) is 9.47. The van der Waals surface area contributed by atoms with Gasteiger partial charge in [-0.3, -0.25) is 4.79 Å². The van der Waals surface area contributed by atoms with Crippen molar-refractivity contribution in [3.63, 3.8) is 0 Å². The molecule has 0 spiro atoms. The zero-order chi connectivity index (χ0) is 19.6. The first-order valence-electron chi connectivity index (χ1n) is 9.47. The fourth-order valence-electron chi connectivity index (χ4n) is 3.36. The summed E-state index contributed by atoms with van der Waals surface area (Å²) in [6.07, 6.45) is 1.88. The van der Waals surface area contributed by atoms with Gasteiger partial charge in [-0.05, 0) is 31.4 Å². The summed E-state index contributed by atoms with van der Waals surface area (Å²) in [5.41, 5.74) is 6.37. The SMILES string of the molecule is COC(=O)[C@H](Cc1ccccc1)NC(=O)C1CCC(OCCCN)CC1O. The number of rotatable bonds is 9. The van der Waals surface area contributed by atoms with E-state index in [4.69, 9.17) is 15.2 Å². The van der Waals surface area contributed by atoms with Crippen molar-refractivity contribution in [1.29, 1.82) is 0 Å². The Balaban J connectivity index is 1.91. The molecule has 4 atom stereocenters. The van der Waals surface area contributed by atoms with Gasteiger partial charge in [0.1, 0.15) is 6.04 Å². The number of ether oxygens (including phenoxy) is 2. The highest BCUT2D eigenvalue weighted by Crippen LogP contribution is 2.27. The van der Waals surface area contributed by atoms with E-state index in [-0.39, 0.29) is 12.0 Å². The van der Waals surface area contributed by atoms with Crippen LogP contribution in [0.15, 0.2) is 30.3 Å². The maximum atomic E-state index is 12.7. The predicted octanol–water partition coefficient (Wildman–Crippen LogP) is 0.782. The van der Waals surface area contributed by atoms with Crippen molar-refractivity contribution in [2.45, 2.75) is 50.4 Å². The van der Waals surface area contributed by atoms with E-state index in [0.29, 0.717) is 38.8 Å². The number of hydrogen-bond acceptors (Lipinski definition) is 6. The summed E-state index contributed by atoms with van der Waals surface area (Å²) >= 11 is 0. The molecule has 3 unspecified atom stereocenters. The van der Waals surface area contributed by atoms with Gasteiger partial charge in [0, 0.05) is 19.4 Å². The molecule has 7 nitrogen and oxygen atoms in total. The van der Waals surface area contributed by atoms with E-state index in [2.05, 4.69) is 5.32 Å². The number of nitrogens with one attached hydrogen (secondary N) is 1. The number of carbonyl (C=O) groups is 2. The van der Waals surface area contributed by atoms with Crippen molar-refractivity contribution in [1.82, 2.24) is 5.32 Å². The van der Waals surface area contributed by atoms with E-state index in [9.17, 15) is 14.7 Å². The molecule has 150 valence electrons. The highest BCUT2D eigenvalue weighted by Gasteiger charge is 2.36. The van der Waals surface area contributed by atoms with Crippen molar-refractivity contribution in [3.05, 3.63) is 35.9 Å². The summed E-state index contributed by atoms with van der Waals surface area (Å²) in [5, 5.41) is 13.1. The Hall–Kier alpha value is -1.96. The number of aliphatic hydroxyl groups excluding tert-OH is 1. The zero-order valence-electron chi connectivity index (χ0n) is 15.8. The van der Waals surface area contributed by atoms with E-state index in [1.54, 1.807) is 0 Å². The fourth-order valence-corrected chi connectivity index (χ4v) is 3.36. The summed E-state index contributed by atoms with van der Waals surface area (Å²) < 4.78 is 10.5. The summed E-state index contributed by atoms with van der Waals surface area (Å²) in [4.78, 5) is 24.7. The van der Waals surface area contributed by atoms with E-state index >= 15 is 0 Å². The van der Waals surface area contributed by atoms with Gasteiger partial charge >= 0.3 is 5.97 Å². The van der Waals surface area contributed by atoms with Crippen LogP contribution in [-0.2, 0) is 25.5 Å². The molecule has 1 aliphatic rings. The molecule has 4 N–H and O–H groups in total. The molecule has 1 aromatic rings. The molecule has 1 aromatic carbocycles. The Kier molecular flexibility index (Phi) is 8.71. The normalized spacial score (nSPS) is 23.4. The molecular formula is C20H30N2O5. The van der Waals surface area contributed by atoms with Crippen LogP contribution in [0.25, 0.3) is 0 Å². The number of methoxy groups -OCH3 is 1. The third-order valence-corrected chi connectivity index (χ3v) is 4.89. The van der Waals surface area contributed by atoms with Gasteiger partial charge in [-0.15, -0.1) is 0 Å². The average molecular weight is 378 g/mol. The van der Waals surface area contributed by atoms with E-state index < -0.39 is 24.0 Å². The van der Waals surface area contributed by atoms with Crippen LogP contribution in [0.3, 0.4) is 0 Å². The lowest BCUT2D eigenvalue weighted by molar-refractivity contribution is -0.147. The molecule has 1 amide bonds. The predicted molar refractivity (Wildman–Crippen MR) is 101 cm³/mol. The Morgan fingerprint density at radius 2 is 2.04 bits per heavy atom. The molecule has 2 rings (SSSR count). The summed E-state index contributed by atoms with van der Waals surface area (Å²) in [7, 11) is 1.30. The van der Waals surface area contributed by atoms with Gasteiger partial charge < -0.3 is 25.6 Å². The fraction of sp³-hybridized carbons (Fsp3) is 0.600. The number of benzene rings is 1. The second kappa shape index (κ2) is 11.0. The van der Waals surface area contributed by atoms with E-state index in [1.807, 2.05) is 30.3 Å². The van der Waals surface area contributed by atoms with Gasteiger partial charge in [0.25, 0.3) is 0 Å². The van der Waals surface area contributed by atoms with Gasteiger partial charge in [0.05, 0.1) is 25.2 Å². The first kappa shape index (κ1) is 21.3. The van der Waals surface area contributed by atoms with Gasteiger partial charge in [-0.25, -0.2) is 4.79 Å². The minimum atomic E-state index is -0.795. The van der Waals surface area contributed by atoms with Crippen LogP contribution >= 0.6 is 0 Å². The number of amides is 1. The third-order valence-electron chi connectivity index (χ3n) is 4.89. The molecule has 0 radical (unpaired) electrons. The number of esters is 1. The molecule has 1 saturated carbocycles. The lowest BCUT2D eigenvalue weighted by Crippen LogP contribution is -2.49. The van der Waals surface area contributed by atoms with Gasteiger partial charge in [-0.1, -0.05) is 30.3 Å². The summed E-state index contributed by atoms with van der Waals surface area (Å²) in [6.45, 7) is 1.13. The molecule has 7 heteroatoms. The van der Waals surface area contributed by atoms with Crippen molar-refractivity contribution in [2.75, 3.05) is 20.3 Å². The van der Waals surface area contributed by atoms with Crippen LogP contribution < -0.4 is 11.1 Å². The highest BCUT2D eigenvalue weighted by molar-refractivity contribution is 5.86. The molecule has 0 heterocycles.